The molecule has 1 fully saturated rings. The molecule has 0 radical (unpaired) electrons. The molecule has 104 valence electrons. The molecule has 5 heteroatoms. The molecule has 1 aliphatic rings. The summed E-state index contributed by atoms with van der Waals surface area (Å²) in [6, 6.07) is -0.356. The molecule has 0 saturated carbocycles. The molecule has 0 N–H and O–H groups in total. The van der Waals surface area contributed by atoms with E-state index in [4.69, 9.17) is 0 Å². The highest BCUT2D eigenvalue weighted by atomic mass is 16.2. The van der Waals surface area contributed by atoms with Crippen LogP contribution in [-0.4, -0.2) is 71.8 Å². The number of likely N-dealkylation sites (N-methyl/N-ethyl adjacent to an activating group) is 1. The molecule has 1 saturated heterocycles. The third-order valence-electron chi connectivity index (χ3n) is 3.46. The van der Waals surface area contributed by atoms with Crippen LogP contribution in [-0.2, 0) is 9.59 Å². The summed E-state index contributed by atoms with van der Waals surface area (Å²) in [6.45, 7) is 9.98. The van der Waals surface area contributed by atoms with Gasteiger partial charge in [-0.15, -0.1) is 0 Å². The van der Waals surface area contributed by atoms with Gasteiger partial charge in [-0.25, -0.2) is 0 Å². The van der Waals surface area contributed by atoms with Crippen LogP contribution in [0.3, 0.4) is 0 Å². The van der Waals surface area contributed by atoms with Crippen LogP contribution in [0, 0.1) is 0 Å². The van der Waals surface area contributed by atoms with Crippen LogP contribution in [0.15, 0.2) is 0 Å². The van der Waals surface area contributed by atoms with Crippen molar-refractivity contribution in [2.75, 3.05) is 33.7 Å². The standard InChI is InChI=1S/C13H25N3O2/c1-10(17)16-8-7-15(13(2,3)4)9-11(16)12(18)14(5)6/h11H,7-9H2,1-6H3. The van der Waals surface area contributed by atoms with Gasteiger partial charge in [-0.05, 0) is 20.8 Å². The van der Waals surface area contributed by atoms with E-state index in [1.54, 1.807) is 23.9 Å². The van der Waals surface area contributed by atoms with E-state index in [0.29, 0.717) is 13.1 Å². The minimum Gasteiger partial charge on any atom is -0.347 e. The maximum atomic E-state index is 12.2. The molecule has 0 spiro atoms. The zero-order valence-electron chi connectivity index (χ0n) is 12.4. The zero-order valence-corrected chi connectivity index (χ0v) is 12.4. The van der Waals surface area contributed by atoms with Gasteiger partial charge in [0, 0.05) is 46.2 Å². The van der Waals surface area contributed by atoms with Crippen molar-refractivity contribution in [3.8, 4) is 0 Å². The molecule has 0 aromatic heterocycles. The van der Waals surface area contributed by atoms with E-state index in [2.05, 4.69) is 25.7 Å². The highest BCUT2D eigenvalue weighted by molar-refractivity contribution is 5.87. The Morgan fingerprint density at radius 2 is 1.72 bits per heavy atom. The van der Waals surface area contributed by atoms with Crippen molar-refractivity contribution >= 4 is 11.8 Å². The average molecular weight is 255 g/mol. The second kappa shape index (κ2) is 5.26. The van der Waals surface area contributed by atoms with Gasteiger partial charge in [0.25, 0.3) is 0 Å². The van der Waals surface area contributed by atoms with E-state index in [1.807, 2.05) is 0 Å². The van der Waals surface area contributed by atoms with Crippen LogP contribution in [0.1, 0.15) is 27.7 Å². The number of hydrogen-bond acceptors (Lipinski definition) is 3. The van der Waals surface area contributed by atoms with E-state index in [1.165, 1.54) is 6.92 Å². The Labute approximate surface area is 110 Å². The lowest BCUT2D eigenvalue weighted by molar-refractivity contribution is -0.148. The van der Waals surface area contributed by atoms with Crippen molar-refractivity contribution in [1.29, 1.82) is 0 Å². The Kier molecular flexibility index (Phi) is 4.37. The van der Waals surface area contributed by atoms with Gasteiger partial charge in [-0.1, -0.05) is 0 Å². The van der Waals surface area contributed by atoms with Gasteiger partial charge in [0.2, 0.25) is 11.8 Å². The molecule has 1 atom stereocenters. The third kappa shape index (κ3) is 3.22. The molecule has 1 rings (SSSR count). The quantitative estimate of drug-likeness (QED) is 0.681. The minimum atomic E-state index is -0.356. The van der Waals surface area contributed by atoms with Crippen molar-refractivity contribution in [2.24, 2.45) is 0 Å². The molecule has 0 aliphatic carbocycles. The van der Waals surface area contributed by atoms with Gasteiger partial charge in [0.15, 0.2) is 0 Å². The minimum absolute atomic E-state index is 0.000787. The number of hydrogen-bond donors (Lipinski definition) is 0. The molecule has 5 nitrogen and oxygen atoms in total. The SMILES string of the molecule is CC(=O)N1CCN(C(C)(C)C)CC1C(=O)N(C)C. The van der Waals surface area contributed by atoms with Crippen LogP contribution in [0.2, 0.25) is 0 Å². The fourth-order valence-corrected chi connectivity index (χ4v) is 2.28. The van der Waals surface area contributed by atoms with Gasteiger partial charge in [-0.2, -0.15) is 0 Å². The summed E-state index contributed by atoms with van der Waals surface area (Å²) in [7, 11) is 3.47. The lowest BCUT2D eigenvalue weighted by atomic mass is 10.0. The summed E-state index contributed by atoms with van der Waals surface area (Å²) >= 11 is 0. The summed E-state index contributed by atoms with van der Waals surface area (Å²) in [5.74, 6) is -0.0251. The highest BCUT2D eigenvalue weighted by Crippen LogP contribution is 2.20. The van der Waals surface area contributed by atoms with E-state index in [9.17, 15) is 9.59 Å². The summed E-state index contributed by atoms with van der Waals surface area (Å²) < 4.78 is 0. The fraction of sp³-hybridized carbons (Fsp3) is 0.846. The number of carbonyl (C=O) groups excluding carboxylic acids is 2. The van der Waals surface area contributed by atoms with Gasteiger partial charge in [0.05, 0.1) is 0 Å². The Balaban J connectivity index is 2.90. The number of rotatable bonds is 1. The predicted molar refractivity (Wildman–Crippen MR) is 71.2 cm³/mol. The van der Waals surface area contributed by atoms with E-state index in [-0.39, 0.29) is 23.4 Å². The molecule has 0 aromatic carbocycles. The molecule has 0 aromatic rings. The van der Waals surface area contributed by atoms with Crippen molar-refractivity contribution in [2.45, 2.75) is 39.3 Å². The molecule has 1 unspecified atom stereocenters. The lowest BCUT2D eigenvalue weighted by Crippen LogP contribution is -2.63. The predicted octanol–water partition coefficient (Wildman–Crippen LogP) is 0.406. The summed E-state index contributed by atoms with van der Waals surface area (Å²) in [4.78, 5) is 29.3. The Morgan fingerprint density at radius 3 is 2.11 bits per heavy atom. The maximum Gasteiger partial charge on any atom is 0.246 e. The van der Waals surface area contributed by atoms with Crippen LogP contribution in [0.4, 0.5) is 0 Å². The fourth-order valence-electron chi connectivity index (χ4n) is 2.28. The number of amides is 2. The van der Waals surface area contributed by atoms with E-state index >= 15 is 0 Å². The van der Waals surface area contributed by atoms with Crippen LogP contribution in [0.5, 0.6) is 0 Å². The van der Waals surface area contributed by atoms with Crippen LogP contribution in [0.25, 0.3) is 0 Å². The smallest absolute Gasteiger partial charge is 0.246 e. The van der Waals surface area contributed by atoms with Crippen molar-refractivity contribution < 1.29 is 9.59 Å². The highest BCUT2D eigenvalue weighted by Gasteiger charge is 2.37. The van der Waals surface area contributed by atoms with E-state index < -0.39 is 0 Å². The normalized spacial score (nSPS) is 21.9. The molecular formula is C13H25N3O2. The summed E-state index contributed by atoms with van der Waals surface area (Å²) in [6.07, 6.45) is 0. The monoisotopic (exact) mass is 255 g/mol. The number of piperazine rings is 1. The molecule has 18 heavy (non-hydrogen) atoms. The molecule has 0 bridgehead atoms. The van der Waals surface area contributed by atoms with Crippen molar-refractivity contribution in [1.82, 2.24) is 14.7 Å². The Bertz CT molecular complexity index is 334. The lowest BCUT2D eigenvalue weighted by Gasteiger charge is -2.46. The maximum absolute atomic E-state index is 12.2. The van der Waals surface area contributed by atoms with Gasteiger partial charge in [0.1, 0.15) is 6.04 Å². The molecule has 2 amide bonds. The zero-order chi connectivity index (χ0) is 14.1. The second-order valence-corrected chi connectivity index (χ2v) is 6.08. The first-order valence-corrected chi connectivity index (χ1v) is 6.38. The second-order valence-electron chi connectivity index (χ2n) is 6.08. The Hall–Kier alpha value is -1.10. The van der Waals surface area contributed by atoms with Gasteiger partial charge < -0.3 is 9.80 Å². The van der Waals surface area contributed by atoms with Gasteiger partial charge >= 0.3 is 0 Å². The third-order valence-corrected chi connectivity index (χ3v) is 3.46. The molecule has 1 aliphatic heterocycles. The molecular weight excluding hydrogens is 230 g/mol. The molecule has 1 heterocycles. The summed E-state index contributed by atoms with van der Waals surface area (Å²) in [5.41, 5.74) is 0.0215. The first-order valence-electron chi connectivity index (χ1n) is 6.38. The first-order chi connectivity index (χ1) is 8.14. The van der Waals surface area contributed by atoms with E-state index in [0.717, 1.165) is 6.54 Å². The topological polar surface area (TPSA) is 43.9 Å². The number of nitrogens with zero attached hydrogens (tertiary/aromatic N) is 3. The number of carbonyl (C=O) groups is 2. The van der Waals surface area contributed by atoms with Crippen LogP contribution >= 0.6 is 0 Å². The van der Waals surface area contributed by atoms with Crippen molar-refractivity contribution in [3.63, 3.8) is 0 Å². The Morgan fingerprint density at radius 1 is 1.17 bits per heavy atom. The van der Waals surface area contributed by atoms with Gasteiger partial charge in [-0.3, -0.25) is 14.5 Å². The van der Waals surface area contributed by atoms with Crippen molar-refractivity contribution in [3.05, 3.63) is 0 Å². The largest absolute Gasteiger partial charge is 0.347 e. The van der Waals surface area contributed by atoms with Crippen LogP contribution < -0.4 is 0 Å². The average Bonchev–Trinajstić information content (AvgIpc) is 2.25. The summed E-state index contributed by atoms with van der Waals surface area (Å²) in [5, 5.41) is 0. The first kappa shape index (κ1) is 15.0.